The van der Waals surface area contributed by atoms with E-state index in [0.29, 0.717) is 0 Å². The van der Waals surface area contributed by atoms with Gasteiger partial charge in [0.25, 0.3) is 0 Å². The van der Waals surface area contributed by atoms with Crippen molar-refractivity contribution in [2.24, 2.45) is 5.92 Å². The van der Waals surface area contributed by atoms with Gasteiger partial charge in [-0.2, -0.15) is 0 Å². The van der Waals surface area contributed by atoms with Crippen LogP contribution in [-0.4, -0.2) is 19.6 Å². The molecule has 2 nitrogen and oxygen atoms in total. The third-order valence-electron chi connectivity index (χ3n) is 3.75. The van der Waals surface area contributed by atoms with Crippen molar-refractivity contribution in [3.8, 4) is 0 Å². The number of hydrogen-bond acceptors (Lipinski definition) is 2. The molecule has 0 saturated carbocycles. The molecule has 1 aromatic carbocycles. The van der Waals surface area contributed by atoms with Gasteiger partial charge in [0, 0.05) is 12.2 Å². The molecule has 100 valence electrons. The SMILES string of the molecule is Cc1cc(C(C)F)ccc1NCC1CCNCC1. The molecule has 0 aromatic heterocycles. The molecule has 2 rings (SSSR count). The number of aryl methyl sites for hydroxylation is 1. The molecular formula is C15H23FN2. The largest absolute Gasteiger partial charge is 0.385 e. The van der Waals surface area contributed by atoms with Gasteiger partial charge in [-0.05, 0) is 62.9 Å². The zero-order valence-corrected chi connectivity index (χ0v) is 11.3. The maximum Gasteiger partial charge on any atom is 0.122 e. The lowest BCUT2D eigenvalue weighted by molar-refractivity contribution is 0.374. The lowest BCUT2D eigenvalue weighted by Crippen LogP contribution is -2.31. The Kier molecular flexibility index (Phi) is 4.59. The third-order valence-corrected chi connectivity index (χ3v) is 3.75. The summed E-state index contributed by atoms with van der Waals surface area (Å²) in [5.74, 6) is 0.755. The van der Waals surface area contributed by atoms with Crippen molar-refractivity contribution in [2.75, 3.05) is 25.0 Å². The summed E-state index contributed by atoms with van der Waals surface area (Å²) in [6.07, 6.45) is 1.60. The van der Waals surface area contributed by atoms with Gasteiger partial charge >= 0.3 is 0 Å². The molecule has 0 bridgehead atoms. The minimum absolute atomic E-state index is 0.755. The number of anilines is 1. The molecule has 1 aliphatic heterocycles. The summed E-state index contributed by atoms with van der Waals surface area (Å²) in [6.45, 7) is 6.90. The predicted molar refractivity (Wildman–Crippen MR) is 74.8 cm³/mol. The van der Waals surface area contributed by atoms with E-state index in [-0.39, 0.29) is 0 Å². The fourth-order valence-electron chi connectivity index (χ4n) is 2.47. The Labute approximate surface area is 109 Å². The summed E-state index contributed by atoms with van der Waals surface area (Å²) in [7, 11) is 0. The van der Waals surface area contributed by atoms with Crippen LogP contribution in [0.4, 0.5) is 10.1 Å². The van der Waals surface area contributed by atoms with Crippen LogP contribution in [0.3, 0.4) is 0 Å². The molecule has 18 heavy (non-hydrogen) atoms. The predicted octanol–water partition coefficient (Wildman–Crippen LogP) is 3.44. The second-order valence-corrected chi connectivity index (χ2v) is 5.26. The quantitative estimate of drug-likeness (QED) is 0.855. The van der Waals surface area contributed by atoms with E-state index < -0.39 is 6.17 Å². The molecule has 1 fully saturated rings. The van der Waals surface area contributed by atoms with Gasteiger partial charge < -0.3 is 10.6 Å². The van der Waals surface area contributed by atoms with Crippen LogP contribution in [0.1, 0.15) is 37.1 Å². The monoisotopic (exact) mass is 250 g/mol. The molecule has 3 heteroatoms. The van der Waals surface area contributed by atoms with E-state index in [2.05, 4.69) is 10.6 Å². The summed E-state index contributed by atoms with van der Waals surface area (Å²) in [5.41, 5.74) is 3.03. The molecule has 1 unspecified atom stereocenters. The first kappa shape index (κ1) is 13.3. The Hall–Kier alpha value is -1.09. The van der Waals surface area contributed by atoms with Gasteiger partial charge in [-0.1, -0.05) is 12.1 Å². The molecule has 0 aliphatic carbocycles. The minimum Gasteiger partial charge on any atom is -0.385 e. The second-order valence-electron chi connectivity index (χ2n) is 5.26. The minimum atomic E-state index is -0.887. The molecule has 1 atom stereocenters. The summed E-state index contributed by atoms with van der Waals surface area (Å²) >= 11 is 0. The van der Waals surface area contributed by atoms with Crippen LogP contribution < -0.4 is 10.6 Å². The number of alkyl halides is 1. The summed E-state index contributed by atoms with van der Waals surface area (Å²) in [4.78, 5) is 0. The van der Waals surface area contributed by atoms with E-state index >= 15 is 0 Å². The summed E-state index contributed by atoms with van der Waals surface area (Å²) in [5, 5.41) is 6.87. The average molecular weight is 250 g/mol. The number of rotatable bonds is 4. The van der Waals surface area contributed by atoms with Crippen molar-refractivity contribution in [3.05, 3.63) is 29.3 Å². The van der Waals surface area contributed by atoms with Crippen molar-refractivity contribution < 1.29 is 4.39 Å². The van der Waals surface area contributed by atoms with Crippen LogP contribution in [0, 0.1) is 12.8 Å². The summed E-state index contributed by atoms with van der Waals surface area (Å²) in [6, 6.07) is 5.82. The highest BCUT2D eigenvalue weighted by molar-refractivity contribution is 5.52. The van der Waals surface area contributed by atoms with Crippen LogP contribution in [0.2, 0.25) is 0 Å². The van der Waals surface area contributed by atoms with E-state index in [1.165, 1.54) is 12.8 Å². The number of hydrogen-bond donors (Lipinski definition) is 2. The first-order chi connectivity index (χ1) is 8.66. The average Bonchev–Trinajstić information content (AvgIpc) is 2.38. The van der Waals surface area contributed by atoms with Gasteiger partial charge in [0.05, 0.1) is 0 Å². The highest BCUT2D eigenvalue weighted by Gasteiger charge is 2.13. The third kappa shape index (κ3) is 3.45. The zero-order chi connectivity index (χ0) is 13.0. The number of benzene rings is 1. The Bertz CT molecular complexity index is 384. The van der Waals surface area contributed by atoms with Crippen LogP contribution in [0.15, 0.2) is 18.2 Å². The Balaban J connectivity index is 1.92. The van der Waals surface area contributed by atoms with Crippen molar-refractivity contribution in [2.45, 2.75) is 32.9 Å². The van der Waals surface area contributed by atoms with Gasteiger partial charge in [0.2, 0.25) is 0 Å². The molecule has 0 radical (unpaired) electrons. The molecule has 0 spiro atoms. The standard InChI is InChI=1S/C15H23FN2/c1-11-9-14(12(2)16)3-4-15(11)18-10-13-5-7-17-8-6-13/h3-4,9,12-13,17-18H,5-8,10H2,1-2H3. The lowest BCUT2D eigenvalue weighted by Gasteiger charge is -2.23. The molecule has 0 amide bonds. The van der Waals surface area contributed by atoms with Crippen molar-refractivity contribution >= 4 is 5.69 Å². The van der Waals surface area contributed by atoms with Crippen LogP contribution in [0.25, 0.3) is 0 Å². The van der Waals surface area contributed by atoms with Crippen molar-refractivity contribution in [1.82, 2.24) is 5.32 Å². The Morgan fingerprint density at radius 1 is 1.39 bits per heavy atom. The first-order valence-corrected chi connectivity index (χ1v) is 6.86. The lowest BCUT2D eigenvalue weighted by atomic mass is 9.98. The molecular weight excluding hydrogens is 227 g/mol. The Morgan fingerprint density at radius 3 is 2.72 bits per heavy atom. The topological polar surface area (TPSA) is 24.1 Å². The zero-order valence-electron chi connectivity index (χ0n) is 11.3. The fraction of sp³-hybridized carbons (Fsp3) is 0.600. The van der Waals surface area contributed by atoms with Crippen molar-refractivity contribution in [1.29, 1.82) is 0 Å². The maximum atomic E-state index is 13.2. The highest BCUT2D eigenvalue weighted by atomic mass is 19.1. The Morgan fingerprint density at radius 2 is 2.11 bits per heavy atom. The second kappa shape index (κ2) is 6.19. The summed E-state index contributed by atoms with van der Waals surface area (Å²) < 4.78 is 13.2. The van der Waals surface area contributed by atoms with Crippen LogP contribution >= 0.6 is 0 Å². The van der Waals surface area contributed by atoms with Crippen molar-refractivity contribution in [3.63, 3.8) is 0 Å². The fourth-order valence-corrected chi connectivity index (χ4v) is 2.47. The molecule has 1 heterocycles. The first-order valence-electron chi connectivity index (χ1n) is 6.86. The molecule has 2 N–H and O–H groups in total. The van der Waals surface area contributed by atoms with E-state index in [9.17, 15) is 4.39 Å². The van der Waals surface area contributed by atoms with Gasteiger partial charge in [-0.15, -0.1) is 0 Å². The van der Waals surface area contributed by atoms with E-state index in [1.807, 2.05) is 25.1 Å². The van der Waals surface area contributed by atoms with Gasteiger partial charge in [0.1, 0.15) is 6.17 Å². The normalized spacial score (nSPS) is 18.6. The number of halogens is 1. The maximum absolute atomic E-state index is 13.2. The molecule has 1 aromatic rings. The van der Waals surface area contributed by atoms with Gasteiger partial charge in [-0.3, -0.25) is 0 Å². The number of piperidine rings is 1. The molecule has 1 saturated heterocycles. The highest BCUT2D eigenvalue weighted by Crippen LogP contribution is 2.23. The van der Waals surface area contributed by atoms with Crippen LogP contribution in [0.5, 0.6) is 0 Å². The smallest absolute Gasteiger partial charge is 0.122 e. The van der Waals surface area contributed by atoms with Gasteiger partial charge in [0.15, 0.2) is 0 Å². The van der Waals surface area contributed by atoms with E-state index in [1.54, 1.807) is 6.92 Å². The van der Waals surface area contributed by atoms with Gasteiger partial charge in [-0.25, -0.2) is 4.39 Å². The molecule has 1 aliphatic rings. The van der Waals surface area contributed by atoms with E-state index in [4.69, 9.17) is 0 Å². The van der Waals surface area contributed by atoms with E-state index in [0.717, 1.165) is 42.4 Å². The number of nitrogens with one attached hydrogen (secondary N) is 2. The van der Waals surface area contributed by atoms with Crippen LogP contribution in [-0.2, 0) is 0 Å².